The number of carbonyl (C=O) groups excluding carboxylic acids is 1. The maximum atomic E-state index is 15.7. The first-order chi connectivity index (χ1) is 24.2. The van der Waals surface area contributed by atoms with Crippen molar-refractivity contribution < 1.29 is 37.7 Å². The molecule has 3 heterocycles. The van der Waals surface area contributed by atoms with Gasteiger partial charge in [0.15, 0.2) is 23.2 Å². The molecule has 0 radical (unpaired) electrons. The van der Waals surface area contributed by atoms with Crippen molar-refractivity contribution in [2.75, 3.05) is 20.3 Å². The summed E-state index contributed by atoms with van der Waals surface area (Å²) in [6.45, 7) is 7.42. The largest absolute Gasteiger partial charge is 0.481 e. The Morgan fingerprint density at radius 3 is 2.63 bits per heavy atom. The van der Waals surface area contributed by atoms with Crippen LogP contribution in [0.2, 0.25) is 0 Å². The minimum absolute atomic E-state index is 0.0680. The molecule has 2 atom stereocenters. The number of amides is 1. The zero-order valence-corrected chi connectivity index (χ0v) is 29.4. The van der Waals surface area contributed by atoms with E-state index in [1.54, 1.807) is 33.3 Å². The van der Waals surface area contributed by atoms with Gasteiger partial charge in [0.05, 0.1) is 23.5 Å². The molecule has 2 N–H and O–H groups in total. The molecule has 2 unspecified atom stereocenters. The monoisotopic (exact) mass is 701 g/mol. The third-order valence-electron chi connectivity index (χ3n) is 9.82. The van der Waals surface area contributed by atoms with Crippen LogP contribution < -0.4 is 4.74 Å². The van der Waals surface area contributed by atoms with Crippen LogP contribution in [0.15, 0.2) is 60.8 Å². The van der Waals surface area contributed by atoms with Crippen LogP contribution in [-0.4, -0.2) is 67.6 Å². The lowest BCUT2D eigenvalue weighted by atomic mass is 9.81. The highest BCUT2D eigenvalue weighted by molar-refractivity contribution is 5.86. The molecule has 4 bridgehead atoms. The average Bonchev–Trinajstić information content (AvgIpc) is 3.73. The lowest BCUT2D eigenvalue weighted by molar-refractivity contribution is -0.141. The average molecular weight is 702 g/mol. The number of H-pyrrole nitrogens is 1. The molecule has 6 rings (SSSR count). The van der Waals surface area contributed by atoms with E-state index in [-0.39, 0.29) is 42.7 Å². The Hall–Kier alpha value is -5.30. The molecule has 1 aliphatic heterocycles. The number of halogens is 2. The van der Waals surface area contributed by atoms with Crippen molar-refractivity contribution in [1.29, 1.82) is 0 Å². The van der Waals surface area contributed by atoms with Crippen LogP contribution in [0, 0.1) is 17.6 Å². The van der Waals surface area contributed by atoms with Crippen molar-refractivity contribution >= 4 is 23.0 Å². The number of hydrogen-bond donors (Lipinski definition) is 2. The number of aromatic nitrogens is 4. The van der Waals surface area contributed by atoms with Crippen LogP contribution in [0.25, 0.3) is 22.3 Å². The number of ether oxygens (including phenoxy) is 3. The van der Waals surface area contributed by atoms with Gasteiger partial charge in [-0.2, -0.15) is 5.10 Å². The van der Waals surface area contributed by atoms with E-state index in [4.69, 9.17) is 24.3 Å². The van der Waals surface area contributed by atoms with Crippen molar-refractivity contribution in [2.45, 2.75) is 58.1 Å². The summed E-state index contributed by atoms with van der Waals surface area (Å²) >= 11 is 0. The molecule has 5 aromatic rings. The second-order valence-corrected chi connectivity index (χ2v) is 13.9. The molecule has 13 heteroatoms. The fourth-order valence-corrected chi connectivity index (χ4v) is 6.19. The van der Waals surface area contributed by atoms with E-state index in [1.165, 1.54) is 33.8 Å². The first-order valence-electron chi connectivity index (χ1n) is 16.7. The summed E-state index contributed by atoms with van der Waals surface area (Å²) < 4.78 is 50.9. The number of benzene rings is 3. The SMILES string of the molecule is CC(Cc1cccc(C2(C)COCCC(C)(C)N(C)C(=O)OCc3c(c(F)cc4[nH]ccc34)Oc3ccc(F)c(c3)-c3nc2nn3C)c1)C(=O)O. The molecular weight excluding hydrogens is 660 g/mol. The third kappa shape index (κ3) is 7.03. The number of aryl methyl sites for hydroxylation is 1. The quantitative estimate of drug-likeness (QED) is 0.199. The van der Waals surface area contributed by atoms with E-state index < -0.39 is 40.6 Å². The Balaban J connectivity index is 1.48. The van der Waals surface area contributed by atoms with E-state index >= 15 is 8.78 Å². The molecule has 0 saturated carbocycles. The van der Waals surface area contributed by atoms with Crippen molar-refractivity contribution in [2.24, 2.45) is 13.0 Å². The van der Waals surface area contributed by atoms with Gasteiger partial charge in [0.25, 0.3) is 0 Å². The molecule has 0 fully saturated rings. The first-order valence-corrected chi connectivity index (χ1v) is 16.7. The Kier molecular flexibility index (Phi) is 9.60. The zero-order valence-electron chi connectivity index (χ0n) is 29.4. The van der Waals surface area contributed by atoms with Gasteiger partial charge in [-0.3, -0.25) is 4.79 Å². The number of rotatable bonds is 4. The molecule has 1 aliphatic rings. The number of fused-ring (bicyclic) bond motifs is 8. The summed E-state index contributed by atoms with van der Waals surface area (Å²) in [4.78, 5) is 34.3. The highest BCUT2D eigenvalue weighted by Gasteiger charge is 2.36. The van der Waals surface area contributed by atoms with E-state index in [0.29, 0.717) is 35.1 Å². The number of nitrogens with zero attached hydrogens (tertiary/aromatic N) is 4. The molecule has 2 aromatic heterocycles. The maximum Gasteiger partial charge on any atom is 0.410 e. The normalized spacial score (nSPS) is 18.9. The number of carboxylic acids is 1. The molecule has 0 spiro atoms. The number of hydrogen-bond acceptors (Lipinski definition) is 7. The Morgan fingerprint density at radius 2 is 1.86 bits per heavy atom. The van der Waals surface area contributed by atoms with Crippen LogP contribution in [0.3, 0.4) is 0 Å². The Labute approximate surface area is 294 Å². The highest BCUT2D eigenvalue weighted by atomic mass is 19.1. The summed E-state index contributed by atoms with van der Waals surface area (Å²) in [5.74, 6) is -2.29. The van der Waals surface area contributed by atoms with Crippen LogP contribution in [0.4, 0.5) is 13.6 Å². The van der Waals surface area contributed by atoms with Crippen molar-refractivity contribution in [3.05, 3.63) is 94.9 Å². The number of nitrogens with one attached hydrogen (secondary N) is 1. The number of carboxylic acid groups (broad SMARTS) is 1. The zero-order chi connectivity index (χ0) is 36.7. The first kappa shape index (κ1) is 35.5. The van der Waals surface area contributed by atoms with Gasteiger partial charge in [0.1, 0.15) is 18.2 Å². The molecule has 3 aromatic carbocycles. The predicted molar refractivity (Wildman–Crippen MR) is 186 cm³/mol. The van der Waals surface area contributed by atoms with Crippen LogP contribution in [0.1, 0.15) is 56.6 Å². The van der Waals surface area contributed by atoms with Crippen LogP contribution in [0.5, 0.6) is 11.5 Å². The van der Waals surface area contributed by atoms with Gasteiger partial charge >= 0.3 is 12.1 Å². The van der Waals surface area contributed by atoms with Gasteiger partial charge in [-0.05, 0) is 69.0 Å². The topological polar surface area (TPSA) is 132 Å². The van der Waals surface area contributed by atoms with Gasteiger partial charge in [-0.25, -0.2) is 23.2 Å². The van der Waals surface area contributed by atoms with Gasteiger partial charge in [0, 0.05) is 55.0 Å². The van der Waals surface area contributed by atoms with Crippen molar-refractivity contribution in [3.8, 4) is 22.9 Å². The highest BCUT2D eigenvalue weighted by Crippen LogP contribution is 2.38. The van der Waals surface area contributed by atoms with Gasteiger partial charge in [-0.15, -0.1) is 0 Å². The lowest BCUT2D eigenvalue weighted by Crippen LogP contribution is -2.46. The van der Waals surface area contributed by atoms with Crippen molar-refractivity contribution in [1.82, 2.24) is 24.6 Å². The molecule has 1 amide bonds. The summed E-state index contributed by atoms with van der Waals surface area (Å²) in [5, 5.41) is 14.9. The van der Waals surface area contributed by atoms with Gasteiger partial charge in [0.2, 0.25) is 0 Å². The fraction of sp³-hybridized carbons (Fsp3) is 0.368. The molecule has 51 heavy (non-hydrogen) atoms. The van der Waals surface area contributed by atoms with Gasteiger partial charge < -0.3 is 29.2 Å². The smallest absolute Gasteiger partial charge is 0.410 e. The summed E-state index contributed by atoms with van der Waals surface area (Å²) in [7, 11) is 3.29. The third-order valence-corrected chi connectivity index (χ3v) is 9.82. The predicted octanol–water partition coefficient (Wildman–Crippen LogP) is 7.37. The summed E-state index contributed by atoms with van der Waals surface area (Å²) in [6, 6.07) is 14.6. The number of aliphatic carboxylic acids is 1. The van der Waals surface area contributed by atoms with E-state index in [0.717, 1.165) is 11.1 Å². The molecular formula is C38H41F2N5O6. The van der Waals surface area contributed by atoms with E-state index in [1.807, 2.05) is 45.0 Å². The van der Waals surface area contributed by atoms with Crippen LogP contribution in [-0.2, 0) is 39.8 Å². The lowest BCUT2D eigenvalue weighted by Gasteiger charge is -2.35. The maximum absolute atomic E-state index is 15.7. The fourth-order valence-electron chi connectivity index (χ4n) is 6.19. The minimum Gasteiger partial charge on any atom is -0.481 e. The number of cyclic esters (lactones) is 1. The summed E-state index contributed by atoms with van der Waals surface area (Å²) in [5.41, 5.74) is 0.782. The Bertz CT molecular complexity index is 2110. The molecule has 0 aliphatic carbocycles. The molecule has 11 nitrogen and oxygen atoms in total. The standard InChI is InChI=1S/C38H41F2N5O6/c1-22(34(46)47)16-23-8-7-9-24(17-23)38(4)21-49-15-13-37(2,3)44(5)36(48)50-20-28-26-12-14-41-31(26)19-30(40)32(28)51-25-10-11-29(39)27(18-25)33-42-35(38)43-45(33)6/h7-12,14,17-19,22,41H,13,15-16,20-21H2,1-6H3,(H,46,47). The molecule has 268 valence electrons. The number of aromatic amines is 1. The second-order valence-electron chi connectivity index (χ2n) is 13.9. The second kappa shape index (κ2) is 13.8. The van der Waals surface area contributed by atoms with Crippen LogP contribution >= 0.6 is 0 Å². The summed E-state index contributed by atoms with van der Waals surface area (Å²) in [6.07, 6.45) is 1.77. The van der Waals surface area contributed by atoms with E-state index in [2.05, 4.69) is 4.98 Å². The number of carbonyl (C=O) groups is 2. The van der Waals surface area contributed by atoms with Gasteiger partial charge in [-0.1, -0.05) is 31.2 Å². The molecule has 0 saturated heterocycles. The van der Waals surface area contributed by atoms with E-state index in [9.17, 15) is 14.7 Å². The minimum atomic E-state index is -0.967. The van der Waals surface area contributed by atoms with Crippen molar-refractivity contribution in [3.63, 3.8) is 0 Å². The Morgan fingerprint density at radius 1 is 1.08 bits per heavy atom.